The van der Waals surface area contributed by atoms with Crippen molar-refractivity contribution in [1.82, 2.24) is 4.90 Å². The van der Waals surface area contributed by atoms with Gasteiger partial charge in [0.25, 0.3) is 0 Å². The van der Waals surface area contributed by atoms with Gasteiger partial charge in [0.05, 0.1) is 6.07 Å². The van der Waals surface area contributed by atoms with Gasteiger partial charge in [-0.15, -0.1) is 0 Å². The summed E-state index contributed by atoms with van der Waals surface area (Å²) in [5, 5.41) is 9.94. The van der Waals surface area contributed by atoms with Gasteiger partial charge >= 0.3 is 0 Å². The van der Waals surface area contributed by atoms with Crippen LogP contribution in [0.15, 0.2) is 0 Å². The molecule has 2 fully saturated rings. The van der Waals surface area contributed by atoms with Crippen LogP contribution in [-0.2, 0) is 0 Å². The first-order valence-corrected chi connectivity index (χ1v) is 7.67. The van der Waals surface area contributed by atoms with Gasteiger partial charge in [0.1, 0.15) is 5.54 Å². The number of hydrogen-bond donors (Lipinski definition) is 0. The van der Waals surface area contributed by atoms with Gasteiger partial charge in [0, 0.05) is 0 Å². The molecule has 0 spiro atoms. The van der Waals surface area contributed by atoms with Crippen LogP contribution in [-0.4, -0.2) is 23.5 Å². The van der Waals surface area contributed by atoms with Crippen molar-refractivity contribution in [2.45, 2.75) is 71.3 Å². The smallest absolute Gasteiger partial charge is 0.112 e. The van der Waals surface area contributed by atoms with Crippen LogP contribution < -0.4 is 0 Å². The van der Waals surface area contributed by atoms with Gasteiger partial charge in [-0.3, -0.25) is 4.90 Å². The maximum Gasteiger partial charge on any atom is 0.112 e. The molecule has 0 aromatic heterocycles. The quantitative estimate of drug-likeness (QED) is 0.702. The number of rotatable bonds is 1. The number of likely N-dealkylation sites (tertiary alicyclic amines) is 1. The number of nitriles is 1. The number of hydrogen-bond acceptors (Lipinski definition) is 2. The molecule has 2 atom stereocenters. The van der Waals surface area contributed by atoms with E-state index in [1.165, 1.54) is 38.5 Å². The monoisotopic (exact) mass is 248 g/mol. The minimum atomic E-state index is -0.170. The van der Waals surface area contributed by atoms with E-state index in [9.17, 15) is 5.26 Å². The van der Waals surface area contributed by atoms with Crippen molar-refractivity contribution in [3.8, 4) is 6.07 Å². The Morgan fingerprint density at radius 3 is 2.28 bits per heavy atom. The molecule has 2 nitrogen and oxygen atoms in total. The van der Waals surface area contributed by atoms with Crippen molar-refractivity contribution in [2.75, 3.05) is 13.1 Å². The first kappa shape index (κ1) is 13.9. The minimum Gasteiger partial charge on any atom is -0.285 e. The summed E-state index contributed by atoms with van der Waals surface area (Å²) < 4.78 is 0. The summed E-state index contributed by atoms with van der Waals surface area (Å²) in [5.41, 5.74) is 0.0739. The van der Waals surface area contributed by atoms with Crippen molar-refractivity contribution >= 4 is 0 Å². The largest absolute Gasteiger partial charge is 0.285 e. The average Bonchev–Trinajstić information content (AvgIpc) is 2.38. The molecule has 0 radical (unpaired) electrons. The normalized spacial score (nSPS) is 35.1. The third-order valence-electron chi connectivity index (χ3n) is 5.04. The van der Waals surface area contributed by atoms with E-state index in [-0.39, 0.29) is 11.0 Å². The summed E-state index contributed by atoms with van der Waals surface area (Å²) in [7, 11) is 0. The van der Waals surface area contributed by atoms with Crippen LogP contribution >= 0.6 is 0 Å². The Balaban J connectivity index is 2.29. The zero-order valence-electron chi connectivity index (χ0n) is 12.3. The predicted molar refractivity (Wildman–Crippen MR) is 75.2 cm³/mol. The zero-order chi connectivity index (χ0) is 13.2. The molecular formula is C16H28N2. The fourth-order valence-electron chi connectivity index (χ4n) is 4.18. The second kappa shape index (κ2) is 5.21. The molecule has 18 heavy (non-hydrogen) atoms. The molecule has 2 heteroatoms. The second-order valence-electron chi connectivity index (χ2n) is 7.25. The topological polar surface area (TPSA) is 27.0 Å². The number of nitrogens with zero attached hydrogens (tertiary/aromatic N) is 2. The van der Waals surface area contributed by atoms with E-state index in [2.05, 4.69) is 31.7 Å². The van der Waals surface area contributed by atoms with E-state index >= 15 is 0 Å². The highest BCUT2D eigenvalue weighted by atomic mass is 15.2. The number of piperidine rings is 1. The van der Waals surface area contributed by atoms with Gasteiger partial charge in [-0.05, 0) is 50.1 Å². The molecule has 1 aliphatic carbocycles. The Hall–Kier alpha value is -0.550. The Bertz CT molecular complexity index is 317. The molecule has 2 rings (SSSR count). The highest BCUT2D eigenvalue weighted by molar-refractivity contribution is 5.16. The fraction of sp³-hybridized carbons (Fsp3) is 0.938. The average molecular weight is 248 g/mol. The van der Waals surface area contributed by atoms with Crippen molar-refractivity contribution in [3.05, 3.63) is 0 Å². The molecule has 0 bridgehead atoms. The maximum absolute atomic E-state index is 9.94. The molecular weight excluding hydrogens is 220 g/mol. The van der Waals surface area contributed by atoms with Gasteiger partial charge < -0.3 is 0 Å². The van der Waals surface area contributed by atoms with Crippen LogP contribution in [0.3, 0.4) is 0 Å². The van der Waals surface area contributed by atoms with Crippen LogP contribution in [0, 0.1) is 22.7 Å². The summed E-state index contributed by atoms with van der Waals surface area (Å²) in [6.07, 6.45) is 8.76. The van der Waals surface area contributed by atoms with E-state index < -0.39 is 0 Å². The third-order valence-corrected chi connectivity index (χ3v) is 5.04. The van der Waals surface area contributed by atoms with E-state index in [1.54, 1.807) is 0 Å². The van der Waals surface area contributed by atoms with Gasteiger partial charge in [-0.2, -0.15) is 5.26 Å². The van der Waals surface area contributed by atoms with E-state index in [0.29, 0.717) is 5.92 Å². The Kier molecular flexibility index (Phi) is 4.02. The molecule has 102 valence electrons. The molecule has 2 aliphatic rings. The summed E-state index contributed by atoms with van der Waals surface area (Å²) in [6.45, 7) is 9.23. The molecule has 0 N–H and O–H groups in total. The molecule has 2 unspecified atom stereocenters. The SMILES string of the molecule is CC(C)(C)C1CCCCC1(C#N)N1CCCCC1. The highest BCUT2D eigenvalue weighted by Crippen LogP contribution is 2.47. The second-order valence-corrected chi connectivity index (χ2v) is 7.25. The predicted octanol–water partition coefficient (Wildman–Crippen LogP) is 3.97. The molecule has 0 aromatic carbocycles. The molecule has 0 aromatic rings. The summed E-state index contributed by atoms with van der Waals surface area (Å²) >= 11 is 0. The Morgan fingerprint density at radius 2 is 1.72 bits per heavy atom. The van der Waals surface area contributed by atoms with Gasteiger partial charge in [-0.25, -0.2) is 0 Å². The summed E-state index contributed by atoms with van der Waals surface area (Å²) in [4.78, 5) is 2.53. The lowest BCUT2D eigenvalue weighted by molar-refractivity contribution is -0.0178. The standard InChI is InChI=1S/C16H28N2/c1-15(2,3)14-9-5-6-10-16(14,13-17)18-11-7-4-8-12-18/h14H,4-12H2,1-3H3. The van der Waals surface area contributed by atoms with Crippen molar-refractivity contribution in [3.63, 3.8) is 0 Å². The highest BCUT2D eigenvalue weighted by Gasteiger charge is 2.50. The van der Waals surface area contributed by atoms with Crippen LogP contribution in [0.25, 0.3) is 0 Å². The van der Waals surface area contributed by atoms with E-state index in [0.717, 1.165) is 19.5 Å². The van der Waals surface area contributed by atoms with Crippen LogP contribution in [0.5, 0.6) is 0 Å². The van der Waals surface area contributed by atoms with E-state index in [4.69, 9.17) is 0 Å². The van der Waals surface area contributed by atoms with Gasteiger partial charge in [-0.1, -0.05) is 40.0 Å². The summed E-state index contributed by atoms with van der Waals surface area (Å²) in [5.74, 6) is 0.529. The van der Waals surface area contributed by atoms with Crippen LogP contribution in [0.2, 0.25) is 0 Å². The van der Waals surface area contributed by atoms with Crippen molar-refractivity contribution in [1.29, 1.82) is 5.26 Å². The van der Waals surface area contributed by atoms with Crippen LogP contribution in [0.1, 0.15) is 65.7 Å². The van der Waals surface area contributed by atoms with Gasteiger partial charge in [0.15, 0.2) is 0 Å². The lowest BCUT2D eigenvalue weighted by Gasteiger charge is -2.52. The maximum atomic E-state index is 9.94. The van der Waals surface area contributed by atoms with Gasteiger partial charge in [0.2, 0.25) is 0 Å². The fourth-order valence-corrected chi connectivity index (χ4v) is 4.18. The first-order chi connectivity index (χ1) is 8.50. The summed E-state index contributed by atoms with van der Waals surface area (Å²) in [6, 6.07) is 2.77. The van der Waals surface area contributed by atoms with Crippen molar-refractivity contribution < 1.29 is 0 Å². The molecule has 1 saturated heterocycles. The minimum absolute atomic E-state index is 0.170. The molecule has 1 aliphatic heterocycles. The van der Waals surface area contributed by atoms with Crippen LogP contribution in [0.4, 0.5) is 0 Å². The molecule has 0 amide bonds. The molecule has 1 saturated carbocycles. The Morgan fingerprint density at radius 1 is 1.06 bits per heavy atom. The van der Waals surface area contributed by atoms with Crippen molar-refractivity contribution in [2.24, 2.45) is 11.3 Å². The Labute approximate surface area is 112 Å². The lowest BCUT2D eigenvalue weighted by atomic mass is 9.61. The lowest BCUT2D eigenvalue weighted by Crippen LogP contribution is -2.59. The molecule has 1 heterocycles. The zero-order valence-corrected chi connectivity index (χ0v) is 12.3. The third kappa shape index (κ3) is 2.43. The first-order valence-electron chi connectivity index (χ1n) is 7.67. The van der Waals surface area contributed by atoms with E-state index in [1.807, 2.05) is 0 Å².